The molecule has 14 heavy (non-hydrogen) atoms. The molecule has 0 fully saturated rings. The number of rotatable bonds is 3. The van der Waals surface area contributed by atoms with Gasteiger partial charge in [-0.2, -0.15) is 0 Å². The molecule has 74 valence electrons. The van der Waals surface area contributed by atoms with Gasteiger partial charge in [-0.3, -0.25) is 4.79 Å². The zero-order valence-corrected chi connectivity index (χ0v) is 8.85. The van der Waals surface area contributed by atoms with Gasteiger partial charge < -0.3 is 5.73 Å². The lowest BCUT2D eigenvalue weighted by atomic mass is 10.2. The van der Waals surface area contributed by atoms with E-state index in [4.69, 9.17) is 28.9 Å². The molecule has 1 aromatic rings. The lowest BCUT2D eigenvalue weighted by Gasteiger charge is -1.96. The Kier molecular flexibility index (Phi) is 3.98. The lowest BCUT2D eigenvalue weighted by Crippen LogP contribution is -2.07. The summed E-state index contributed by atoms with van der Waals surface area (Å²) in [7, 11) is 0. The van der Waals surface area contributed by atoms with E-state index in [9.17, 15) is 4.79 Å². The Morgan fingerprint density at radius 2 is 1.86 bits per heavy atom. The number of nitrogens with two attached hydrogens (primary N) is 1. The molecule has 0 aliphatic rings. The molecule has 0 aromatic heterocycles. The average molecular weight is 230 g/mol. The Balaban J connectivity index is 2.76. The molecule has 1 aromatic carbocycles. The molecule has 0 atom stereocenters. The fourth-order valence-electron chi connectivity index (χ4n) is 0.983. The fourth-order valence-corrected chi connectivity index (χ4v) is 1.53. The monoisotopic (exact) mass is 229 g/mol. The quantitative estimate of drug-likeness (QED) is 0.852. The number of benzene rings is 1. The van der Waals surface area contributed by atoms with Crippen molar-refractivity contribution in [2.75, 3.05) is 0 Å². The Bertz CT molecular complexity index is 354. The van der Waals surface area contributed by atoms with Crippen molar-refractivity contribution in [2.24, 2.45) is 5.73 Å². The van der Waals surface area contributed by atoms with Crippen LogP contribution in [0.3, 0.4) is 0 Å². The van der Waals surface area contributed by atoms with Gasteiger partial charge in [0.1, 0.15) is 0 Å². The Hall–Kier alpha value is -0.990. The average Bonchev–Trinajstić information content (AvgIpc) is 2.01. The van der Waals surface area contributed by atoms with Crippen LogP contribution in [-0.4, -0.2) is 5.91 Å². The number of amides is 1. The van der Waals surface area contributed by atoms with Crippen LogP contribution in [-0.2, 0) is 4.79 Å². The summed E-state index contributed by atoms with van der Waals surface area (Å²) in [5, 5.41) is 1.13. The topological polar surface area (TPSA) is 43.1 Å². The minimum absolute atomic E-state index is 0.212. The van der Waals surface area contributed by atoms with Gasteiger partial charge in [-0.15, -0.1) is 0 Å². The smallest absolute Gasteiger partial charge is 0.221 e. The Morgan fingerprint density at radius 3 is 2.36 bits per heavy atom. The summed E-state index contributed by atoms with van der Waals surface area (Å²) in [5.41, 5.74) is 5.82. The number of hydrogen-bond donors (Lipinski definition) is 1. The van der Waals surface area contributed by atoms with Crippen LogP contribution in [0.1, 0.15) is 12.0 Å². The molecule has 1 rings (SSSR count). The highest BCUT2D eigenvalue weighted by Gasteiger charge is 1.94. The number of halogens is 2. The molecule has 1 amide bonds. The van der Waals surface area contributed by atoms with E-state index in [2.05, 4.69) is 0 Å². The molecule has 2 N–H and O–H groups in total. The number of carbonyl (C=O) groups is 1. The number of carbonyl (C=O) groups excluding carboxylic acids is 1. The van der Waals surface area contributed by atoms with Crippen LogP contribution in [0.15, 0.2) is 24.3 Å². The van der Waals surface area contributed by atoms with Crippen molar-refractivity contribution in [2.45, 2.75) is 6.42 Å². The zero-order valence-electron chi connectivity index (χ0n) is 7.34. The zero-order chi connectivity index (χ0) is 10.6. The lowest BCUT2D eigenvalue weighted by molar-refractivity contribution is -0.117. The Labute approximate surface area is 92.3 Å². The van der Waals surface area contributed by atoms with E-state index < -0.39 is 0 Å². The highest BCUT2D eigenvalue weighted by Crippen LogP contribution is 2.19. The molecule has 0 saturated heterocycles. The summed E-state index contributed by atoms with van der Waals surface area (Å²) in [6.45, 7) is 0. The predicted molar refractivity (Wildman–Crippen MR) is 59.3 cm³/mol. The van der Waals surface area contributed by atoms with Gasteiger partial charge in [-0.25, -0.2) is 0 Å². The van der Waals surface area contributed by atoms with E-state index in [0.717, 1.165) is 5.56 Å². The maximum absolute atomic E-state index is 10.4. The van der Waals surface area contributed by atoms with Gasteiger partial charge in [0.25, 0.3) is 0 Å². The first-order valence-corrected chi connectivity index (χ1v) is 4.74. The minimum Gasteiger partial charge on any atom is -0.369 e. The minimum atomic E-state index is -0.366. The van der Waals surface area contributed by atoms with Crippen LogP contribution in [0.25, 0.3) is 6.08 Å². The molecular weight excluding hydrogens is 221 g/mol. The first-order chi connectivity index (χ1) is 6.58. The van der Waals surface area contributed by atoms with Crippen molar-refractivity contribution in [3.63, 3.8) is 0 Å². The normalized spacial score (nSPS) is 10.7. The molecule has 0 saturated carbocycles. The molecule has 0 heterocycles. The molecule has 0 radical (unpaired) electrons. The molecule has 0 aliphatic heterocycles. The van der Waals surface area contributed by atoms with E-state index in [1.807, 2.05) is 0 Å². The van der Waals surface area contributed by atoms with Crippen LogP contribution in [0.2, 0.25) is 10.0 Å². The van der Waals surface area contributed by atoms with Crippen molar-refractivity contribution in [3.8, 4) is 0 Å². The predicted octanol–water partition coefficient (Wildman–Crippen LogP) is 2.88. The van der Waals surface area contributed by atoms with Crippen molar-refractivity contribution >= 4 is 35.2 Å². The van der Waals surface area contributed by atoms with E-state index in [0.29, 0.717) is 10.0 Å². The highest BCUT2D eigenvalue weighted by molar-refractivity contribution is 6.34. The van der Waals surface area contributed by atoms with E-state index in [1.165, 1.54) is 0 Å². The number of hydrogen-bond acceptors (Lipinski definition) is 1. The SMILES string of the molecule is NC(=O)CC=Cc1cc(Cl)cc(Cl)c1. The summed E-state index contributed by atoms with van der Waals surface area (Å²) in [4.78, 5) is 10.4. The third-order valence-corrected chi connectivity index (χ3v) is 1.95. The third-order valence-electron chi connectivity index (χ3n) is 1.51. The second kappa shape index (κ2) is 5.03. The molecule has 2 nitrogen and oxygen atoms in total. The van der Waals surface area contributed by atoms with Gasteiger partial charge in [0, 0.05) is 16.5 Å². The van der Waals surface area contributed by atoms with Crippen LogP contribution in [0, 0.1) is 0 Å². The van der Waals surface area contributed by atoms with E-state index in [1.54, 1.807) is 30.4 Å². The van der Waals surface area contributed by atoms with Crippen molar-refractivity contribution in [1.82, 2.24) is 0 Å². The van der Waals surface area contributed by atoms with Gasteiger partial charge in [0.05, 0.1) is 0 Å². The van der Waals surface area contributed by atoms with Crippen LogP contribution in [0.5, 0.6) is 0 Å². The fraction of sp³-hybridized carbons (Fsp3) is 0.100. The van der Waals surface area contributed by atoms with Gasteiger partial charge in [0.2, 0.25) is 5.91 Å². The standard InChI is InChI=1S/C10H9Cl2NO/c11-8-4-7(5-9(12)6-8)2-1-3-10(13)14/h1-2,4-6H,3H2,(H2,13,14). The first-order valence-electron chi connectivity index (χ1n) is 3.99. The maximum atomic E-state index is 10.4. The van der Waals surface area contributed by atoms with Gasteiger partial charge in [-0.05, 0) is 23.8 Å². The van der Waals surface area contributed by atoms with Gasteiger partial charge >= 0.3 is 0 Å². The van der Waals surface area contributed by atoms with Crippen molar-refractivity contribution in [3.05, 3.63) is 39.9 Å². The molecular formula is C10H9Cl2NO. The van der Waals surface area contributed by atoms with Gasteiger partial charge in [0.15, 0.2) is 0 Å². The summed E-state index contributed by atoms with van der Waals surface area (Å²) >= 11 is 11.6. The number of primary amides is 1. The van der Waals surface area contributed by atoms with E-state index in [-0.39, 0.29) is 12.3 Å². The second-order valence-electron chi connectivity index (χ2n) is 2.78. The van der Waals surface area contributed by atoms with Crippen molar-refractivity contribution < 1.29 is 4.79 Å². The molecule has 0 unspecified atom stereocenters. The molecule has 0 spiro atoms. The highest BCUT2D eigenvalue weighted by atomic mass is 35.5. The first kappa shape index (κ1) is 11.1. The molecule has 0 aliphatic carbocycles. The summed E-state index contributed by atoms with van der Waals surface area (Å²) in [6, 6.07) is 5.16. The summed E-state index contributed by atoms with van der Waals surface area (Å²) in [6.07, 6.45) is 3.64. The van der Waals surface area contributed by atoms with Crippen LogP contribution >= 0.6 is 23.2 Å². The van der Waals surface area contributed by atoms with Gasteiger partial charge in [-0.1, -0.05) is 35.4 Å². The second-order valence-corrected chi connectivity index (χ2v) is 3.65. The molecule has 0 bridgehead atoms. The van der Waals surface area contributed by atoms with E-state index >= 15 is 0 Å². The largest absolute Gasteiger partial charge is 0.369 e. The summed E-state index contributed by atoms with van der Waals surface area (Å²) < 4.78 is 0. The van der Waals surface area contributed by atoms with Crippen LogP contribution in [0.4, 0.5) is 0 Å². The third kappa shape index (κ3) is 3.81. The maximum Gasteiger partial charge on any atom is 0.221 e. The van der Waals surface area contributed by atoms with Crippen molar-refractivity contribution in [1.29, 1.82) is 0 Å². The van der Waals surface area contributed by atoms with Crippen LogP contribution < -0.4 is 5.73 Å². The Morgan fingerprint density at radius 1 is 1.29 bits per heavy atom. The summed E-state index contributed by atoms with van der Waals surface area (Å²) in [5.74, 6) is -0.366. The molecule has 4 heteroatoms.